The van der Waals surface area contributed by atoms with Crippen molar-refractivity contribution < 1.29 is 0 Å². The molecule has 2 rings (SSSR count). The van der Waals surface area contributed by atoms with Crippen LogP contribution in [0.1, 0.15) is 38.4 Å². The lowest BCUT2D eigenvalue weighted by molar-refractivity contribution is 0.764. The van der Waals surface area contributed by atoms with E-state index in [4.69, 9.17) is 0 Å². The standard InChI is InChI=1S/C11H17N3O/c1-7(2)11-13-9(5-10(15)14-11)12-6-8-3-4-8/h5,7-8H,3-4,6H2,1-2H3,(H2,12,13,14,15). The molecule has 1 heterocycles. The number of nitrogens with zero attached hydrogens (tertiary/aromatic N) is 1. The summed E-state index contributed by atoms with van der Waals surface area (Å²) in [5.41, 5.74) is -0.0769. The number of hydrogen-bond donors (Lipinski definition) is 2. The molecule has 15 heavy (non-hydrogen) atoms. The van der Waals surface area contributed by atoms with E-state index in [-0.39, 0.29) is 11.5 Å². The van der Waals surface area contributed by atoms with Crippen LogP contribution in [0.15, 0.2) is 10.9 Å². The molecule has 1 aliphatic carbocycles. The average molecular weight is 207 g/mol. The van der Waals surface area contributed by atoms with Crippen LogP contribution in [0.4, 0.5) is 5.82 Å². The minimum Gasteiger partial charge on any atom is -0.370 e. The van der Waals surface area contributed by atoms with Crippen LogP contribution in [-0.4, -0.2) is 16.5 Å². The van der Waals surface area contributed by atoms with Gasteiger partial charge in [-0.05, 0) is 18.8 Å². The largest absolute Gasteiger partial charge is 0.370 e. The molecule has 0 spiro atoms. The Kier molecular flexibility index (Phi) is 2.75. The normalized spacial score (nSPS) is 15.7. The molecule has 1 saturated carbocycles. The van der Waals surface area contributed by atoms with Gasteiger partial charge in [-0.25, -0.2) is 4.98 Å². The summed E-state index contributed by atoms with van der Waals surface area (Å²) in [7, 11) is 0. The molecule has 1 aromatic heterocycles. The smallest absolute Gasteiger partial charge is 0.252 e. The third kappa shape index (κ3) is 2.81. The van der Waals surface area contributed by atoms with E-state index in [1.54, 1.807) is 0 Å². The van der Waals surface area contributed by atoms with Crippen molar-refractivity contribution in [1.29, 1.82) is 0 Å². The maximum atomic E-state index is 11.3. The first kappa shape index (κ1) is 10.2. The Bertz CT molecular complexity index is 393. The molecule has 0 saturated heterocycles. The molecule has 0 aromatic carbocycles. The van der Waals surface area contributed by atoms with Crippen molar-refractivity contribution in [3.63, 3.8) is 0 Å². The van der Waals surface area contributed by atoms with E-state index in [9.17, 15) is 4.79 Å². The highest BCUT2D eigenvalue weighted by molar-refractivity contribution is 5.33. The van der Waals surface area contributed by atoms with E-state index in [1.807, 2.05) is 13.8 Å². The number of hydrogen-bond acceptors (Lipinski definition) is 3. The second kappa shape index (κ2) is 4.04. The topological polar surface area (TPSA) is 57.8 Å². The van der Waals surface area contributed by atoms with E-state index in [0.717, 1.165) is 18.3 Å². The zero-order chi connectivity index (χ0) is 10.8. The molecule has 1 fully saturated rings. The van der Waals surface area contributed by atoms with Crippen LogP contribution in [0.2, 0.25) is 0 Å². The Morgan fingerprint density at radius 1 is 1.60 bits per heavy atom. The highest BCUT2D eigenvalue weighted by Crippen LogP contribution is 2.28. The van der Waals surface area contributed by atoms with Gasteiger partial charge in [0.05, 0.1) is 0 Å². The van der Waals surface area contributed by atoms with E-state index in [0.29, 0.717) is 5.82 Å². The highest BCUT2D eigenvalue weighted by atomic mass is 16.1. The first-order valence-corrected chi connectivity index (χ1v) is 5.50. The van der Waals surface area contributed by atoms with Gasteiger partial charge in [0.25, 0.3) is 5.56 Å². The predicted octanol–water partition coefficient (Wildman–Crippen LogP) is 1.72. The van der Waals surface area contributed by atoms with Crippen molar-refractivity contribution in [2.75, 3.05) is 11.9 Å². The van der Waals surface area contributed by atoms with Crippen LogP contribution in [0.5, 0.6) is 0 Å². The molecular formula is C11H17N3O. The summed E-state index contributed by atoms with van der Waals surface area (Å²) in [4.78, 5) is 18.5. The fourth-order valence-corrected chi connectivity index (χ4v) is 1.41. The number of anilines is 1. The fraction of sp³-hybridized carbons (Fsp3) is 0.636. The number of H-pyrrole nitrogens is 1. The fourth-order valence-electron chi connectivity index (χ4n) is 1.41. The molecule has 82 valence electrons. The molecule has 0 atom stereocenters. The molecule has 2 N–H and O–H groups in total. The summed E-state index contributed by atoms with van der Waals surface area (Å²) in [5, 5.41) is 3.21. The second-order valence-corrected chi connectivity index (χ2v) is 4.49. The summed E-state index contributed by atoms with van der Waals surface area (Å²) in [6.45, 7) is 4.97. The van der Waals surface area contributed by atoms with Gasteiger partial charge in [0.2, 0.25) is 0 Å². The van der Waals surface area contributed by atoms with E-state index < -0.39 is 0 Å². The van der Waals surface area contributed by atoms with Gasteiger partial charge in [0.15, 0.2) is 0 Å². The molecule has 0 unspecified atom stereocenters. The minimum absolute atomic E-state index is 0.0769. The Morgan fingerprint density at radius 2 is 2.33 bits per heavy atom. The molecule has 0 aliphatic heterocycles. The summed E-state index contributed by atoms with van der Waals surface area (Å²) in [6, 6.07) is 1.52. The van der Waals surface area contributed by atoms with E-state index in [2.05, 4.69) is 15.3 Å². The Hall–Kier alpha value is -1.32. The summed E-state index contributed by atoms with van der Waals surface area (Å²) in [5.74, 6) is 2.49. The molecule has 4 heteroatoms. The summed E-state index contributed by atoms with van der Waals surface area (Å²) < 4.78 is 0. The van der Waals surface area contributed by atoms with Gasteiger partial charge in [-0.2, -0.15) is 0 Å². The average Bonchev–Trinajstić information content (AvgIpc) is 2.97. The van der Waals surface area contributed by atoms with Crippen molar-refractivity contribution in [3.05, 3.63) is 22.2 Å². The van der Waals surface area contributed by atoms with E-state index in [1.165, 1.54) is 18.9 Å². The summed E-state index contributed by atoms with van der Waals surface area (Å²) in [6.07, 6.45) is 2.60. The Balaban J connectivity index is 2.11. The number of aromatic amines is 1. The number of rotatable bonds is 4. The Morgan fingerprint density at radius 3 is 2.93 bits per heavy atom. The molecule has 4 nitrogen and oxygen atoms in total. The predicted molar refractivity (Wildman–Crippen MR) is 60.2 cm³/mol. The molecule has 1 aliphatic rings. The molecule has 0 bridgehead atoms. The first-order valence-electron chi connectivity index (χ1n) is 5.50. The van der Waals surface area contributed by atoms with Crippen molar-refractivity contribution in [2.45, 2.75) is 32.6 Å². The SMILES string of the molecule is CC(C)c1nc(NCC2CC2)cc(=O)[nH]1. The lowest BCUT2D eigenvalue weighted by Gasteiger charge is -2.08. The lowest BCUT2D eigenvalue weighted by Crippen LogP contribution is -2.15. The number of nitrogens with one attached hydrogen (secondary N) is 2. The van der Waals surface area contributed by atoms with Crippen LogP contribution in [0.25, 0.3) is 0 Å². The number of aromatic nitrogens is 2. The van der Waals surface area contributed by atoms with Crippen LogP contribution in [0, 0.1) is 5.92 Å². The van der Waals surface area contributed by atoms with Crippen LogP contribution < -0.4 is 10.9 Å². The van der Waals surface area contributed by atoms with Gasteiger partial charge < -0.3 is 10.3 Å². The van der Waals surface area contributed by atoms with Gasteiger partial charge in [-0.15, -0.1) is 0 Å². The van der Waals surface area contributed by atoms with Crippen molar-refractivity contribution in [3.8, 4) is 0 Å². The van der Waals surface area contributed by atoms with Gasteiger partial charge >= 0.3 is 0 Å². The monoisotopic (exact) mass is 207 g/mol. The quantitative estimate of drug-likeness (QED) is 0.790. The zero-order valence-corrected chi connectivity index (χ0v) is 9.21. The van der Waals surface area contributed by atoms with Crippen LogP contribution in [0.3, 0.4) is 0 Å². The minimum atomic E-state index is -0.0769. The maximum Gasteiger partial charge on any atom is 0.252 e. The maximum absolute atomic E-state index is 11.3. The van der Waals surface area contributed by atoms with Crippen LogP contribution in [-0.2, 0) is 0 Å². The second-order valence-electron chi connectivity index (χ2n) is 4.49. The van der Waals surface area contributed by atoms with Crippen molar-refractivity contribution in [2.24, 2.45) is 5.92 Å². The van der Waals surface area contributed by atoms with Gasteiger partial charge in [-0.1, -0.05) is 13.8 Å². The first-order chi connectivity index (χ1) is 7.15. The lowest BCUT2D eigenvalue weighted by atomic mass is 10.2. The summed E-state index contributed by atoms with van der Waals surface area (Å²) >= 11 is 0. The van der Waals surface area contributed by atoms with Gasteiger partial charge in [0, 0.05) is 18.5 Å². The highest BCUT2D eigenvalue weighted by Gasteiger charge is 2.20. The van der Waals surface area contributed by atoms with Crippen molar-refractivity contribution in [1.82, 2.24) is 9.97 Å². The third-order valence-corrected chi connectivity index (χ3v) is 2.58. The molecule has 0 radical (unpaired) electrons. The molecule has 0 amide bonds. The van der Waals surface area contributed by atoms with E-state index >= 15 is 0 Å². The van der Waals surface area contributed by atoms with Gasteiger partial charge in [0.1, 0.15) is 11.6 Å². The molecular weight excluding hydrogens is 190 g/mol. The Labute approximate surface area is 89.1 Å². The van der Waals surface area contributed by atoms with Crippen molar-refractivity contribution >= 4 is 5.82 Å². The van der Waals surface area contributed by atoms with Crippen LogP contribution >= 0.6 is 0 Å². The third-order valence-electron chi connectivity index (χ3n) is 2.58. The molecule has 1 aromatic rings. The van der Waals surface area contributed by atoms with Gasteiger partial charge in [-0.3, -0.25) is 4.79 Å². The zero-order valence-electron chi connectivity index (χ0n) is 9.21.